The summed E-state index contributed by atoms with van der Waals surface area (Å²) in [5, 5.41) is 0. The molecule has 0 N–H and O–H groups in total. The maximum atomic E-state index is 4.97. The second-order valence-corrected chi connectivity index (χ2v) is 2.01. The van der Waals surface area contributed by atoms with E-state index in [2.05, 4.69) is 6.58 Å². The van der Waals surface area contributed by atoms with Crippen molar-refractivity contribution in [2.45, 2.75) is 6.42 Å². The third kappa shape index (κ3) is 1.46. The fraction of sp³-hybridized carbons (Fsp3) is 0.250. The molecule has 0 spiro atoms. The number of ether oxygens (including phenoxy) is 1. The van der Waals surface area contributed by atoms with Crippen LogP contribution >= 0.6 is 0 Å². The monoisotopic (exact) mass is 122 g/mol. The van der Waals surface area contributed by atoms with Gasteiger partial charge in [0.2, 0.25) is 0 Å². The normalized spacial score (nSPS) is 17.4. The molecule has 1 heteroatoms. The van der Waals surface area contributed by atoms with E-state index in [0.29, 0.717) is 0 Å². The van der Waals surface area contributed by atoms with Crippen LogP contribution in [0.25, 0.3) is 0 Å². The molecule has 0 aliphatic heterocycles. The van der Waals surface area contributed by atoms with Crippen LogP contribution in [0.15, 0.2) is 36.1 Å². The highest BCUT2D eigenvalue weighted by atomic mass is 16.5. The number of hydrogen-bond acceptors (Lipinski definition) is 1. The van der Waals surface area contributed by atoms with Gasteiger partial charge in [-0.2, -0.15) is 0 Å². The molecular weight excluding hydrogens is 112 g/mol. The Hall–Kier alpha value is -0.980. The van der Waals surface area contributed by atoms with Crippen LogP contribution in [0, 0.1) is 0 Å². The minimum atomic E-state index is 0.916. The highest BCUT2D eigenvalue weighted by Gasteiger charge is 1.96. The molecule has 1 aliphatic rings. The lowest BCUT2D eigenvalue weighted by Gasteiger charge is -2.05. The first-order chi connectivity index (χ1) is 4.33. The standard InChI is InChI=1S/C8H10O/c1-7-3-5-8(9-2)6-4-7/h3,5-6H,1,4H2,2H3. The minimum Gasteiger partial charge on any atom is -0.497 e. The van der Waals surface area contributed by atoms with Crippen molar-refractivity contribution in [3.05, 3.63) is 36.1 Å². The van der Waals surface area contributed by atoms with E-state index in [9.17, 15) is 0 Å². The van der Waals surface area contributed by atoms with Gasteiger partial charge in [-0.1, -0.05) is 18.2 Å². The molecule has 1 rings (SSSR count). The molecule has 0 aromatic carbocycles. The van der Waals surface area contributed by atoms with Crippen LogP contribution in [0.1, 0.15) is 6.42 Å². The van der Waals surface area contributed by atoms with E-state index in [1.54, 1.807) is 7.11 Å². The van der Waals surface area contributed by atoms with Crippen molar-refractivity contribution < 1.29 is 4.74 Å². The summed E-state index contributed by atoms with van der Waals surface area (Å²) < 4.78 is 4.97. The predicted molar refractivity (Wildman–Crippen MR) is 38.0 cm³/mol. The van der Waals surface area contributed by atoms with E-state index in [1.165, 1.54) is 0 Å². The average molecular weight is 122 g/mol. The Morgan fingerprint density at radius 3 is 2.78 bits per heavy atom. The maximum absolute atomic E-state index is 4.97. The SMILES string of the molecule is C=C1C=CC(OC)=CC1. The Morgan fingerprint density at radius 2 is 2.33 bits per heavy atom. The number of methoxy groups -OCH3 is 1. The van der Waals surface area contributed by atoms with Crippen LogP contribution in [-0.4, -0.2) is 7.11 Å². The first kappa shape index (κ1) is 6.14. The smallest absolute Gasteiger partial charge is 0.115 e. The number of hydrogen-bond donors (Lipinski definition) is 0. The number of allylic oxidation sites excluding steroid dienone is 4. The summed E-state index contributed by atoms with van der Waals surface area (Å²) in [6.45, 7) is 3.80. The van der Waals surface area contributed by atoms with Crippen LogP contribution in [0.5, 0.6) is 0 Å². The molecule has 0 amide bonds. The molecule has 48 valence electrons. The third-order valence-electron chi connectivity index (χ3n) is 1.28. The molecule has 0 bridgehead atoms. The van der Waals surface area contributed by atoms with Crippen molar-refractivity contribution in [1.29, 1.82) is 0 Å². The largest absolute Gasteiger partial charge is 0.497 e. The molecule has 0 fully saturated rings. The van der Waals surface area contributed by atoms with Gasteiger partial charge in [0.1, 0.15) is 5.76 Å². The van der Waals surface area contributed by atoms with Crippen LogP contribution in [0.2, 0.25) is 0 Å². The first-order valence-electron chi connectivity index (χ1n) is 2.93. The summed E-state index contributed by atoms with van der Waals surface area (Å²) in [7, 11) is 1.67. The third-order valence-corrected chi connectivity index (χ3v) is 1.28. The van der Waals surface area contributed by atoms with Crippen LogP contribution in [-0.2, 0) is 4.74 Å². The van der Waals surface area contributed by atoms with Crippen molar-refractivity contribution in [3.63, 3.8) is 0 Å². The molecule has 0 saturated carbocycles. The van der Waals surface area contributed by atoms with E-state index < -0.39 is 0 Å². The molecule has 0 unspecified atom stereocenters. The van der Waals surface area contributed by atoms with Crippen LogP contribution in [0.4, 0.5) is 0 Å². The summed E-state index contributed by atoms with van der Waals surface area (Å²) in [5.41, 5.74) is 1.14. The molecular formula is C8H10O. The highest BCUT2D eigenvalue weighted by Crippen LogP contribution is 2.12. The van der Waals surface area contributed by atoms with Gasteiger partial charge in [-0.05, 0) is 18.6 Å². The Kier molecular flexibility index (Phi) is 1.73. The summed E-state index contributed by atoms with van der Waals surface area (Å²) in [4.78, 5) is 0. The molecule has 0 heterocycles. The van der Waals surface area contributed by atoms with E-state index in [1.807, 2.05) is 18.2 Å². The molecule has 0 aromatic heterocycles. The van der Waals surface area contributed by atoms with Gasteiger partial charge >= 0.3 is 0 Å². The van der Waals surface area contributed by atoms with Gasteiger partial charge in [-0.3, -0.25) is 0 Å². The zero-order chi connectivity index (χ0) is 6.69. The second kappa shape index (κ2) is 2.53. The Labute approximate surface area is 55.3 Å². The van der Waals surface area contributed by atoms with Gasteiger partial charge in [0.25, 0.3) is 0 Å². The van der Waals surface area contributed by atoms with Gasteiger partial charge in [0.15, 0.2) is 0 Å². The van der Waals surface area contributed by atoms with Gasteiger partial charge in [0, 0.05) is 0 Å². The fourth-order valence-corrected chi connectivity index (χ4v) is 0.719. The second-order valence-electron chi connectivity index (χ2n) is 2.01. The molecule has 1 nitrogen and oxygen atoms in total. The van der Waals surface area contributed by atoms with E-state index in [0.717, 1.165) is 17.8 Å². The lowest BCUT2D eigenvalue weighted by molar-refractivity contribution is 0.304. The lowest BCUT2D eigenvalue weighted by Crippen LogP contribution is -1.87. The Bertz CT molecular complexity index is 175. The molecule has 0 aromatic rings. The molecule has 0 atom stereocenters. The van der Waals surface area contributed by atoms with Crippen LogP contribution in [0.3, 0.4) is 0 Å². The zero-order valence-corrected chi connectivity index (χ0v) is 5.55. The van der Waals surface area contributed by atoms with Gasteiger partial charge < -0.3 is 4.74 Å². The van der Waals surface area contributed by atoms with Gasteiger partial charge in [0.05, 0.1) is 7.11 Å². The van der Waals surface area contributed by atoms with Gasteiger partial charge in [-0.15, -0.1) is 0 Å². The van der Waals surface area contributed by atoms with E-state index in [-0.39, 0.29) is 0 Å². The van der Waals surface area contributed by atoms with Crippen LogP contribution < -0.4 is 0 Å². The molecule has 0 saturated heterocycles. The van der Waals surface area contributed by atoms with Crippen molar-refractivity contribution in [3.8, 4) is 0 Å². The lowest BCUT2D eigenvalue weighted by atomic mass is 10.1. The first-order valence-corrected chi connectivity index (χ1v) is 2.93. The average Bonchev–Trinajstić information content (AvgIpc) is 1.90. The highest BCUT2D eigenvalue weighted by molar-refractivity contribution is 5.30. The van der Waals surface area contributed by atoms with Gasteiger partial charge in [-0.25, -0.2) is 0 Å². The summed E-state index contributed by atoms with van der Waals surface area (Å²) in [6.07, 6.45) is 6.83. The number of rotatable bonds is 1. The van der Waals surface area contributed by atoms with Crippen molar-refractivity contribution in [1.82, 2.24) is 0 Å². The maximum Gasteiger partial charge on any atom is 0.115 e. The summed E-state index contributed by atoms with van der Waals surface area (Å²) >= 11 is 0. The molecule has 9 heavy (non-hydrogen) atoms. The Morgan fingerprint density at radius 1 is 1.56 bits per heavy atom. The quantitative estimate of drug-likeness (QED) is 0.517. The molecule has 0 radical (unpaired) electrons. The van der Waals surface area contributed by atoms with E-state index >= 15 is 0 Å². The Balaban J connectivity index is 2.63. The van der Waals surface area contributed by atoms with Crippen molar-refractivity contribution in [2.24, 2.45) is 0 Å². The minimum absolute atomic E-state index is 0.916. The molecule has 1 aliphatic carbocycles. The fourth-order valence-electron chi connectivity index (χ4n) is 0.719. The summed E-state index contributed by atoms with van der Waals surface area (Å²) in [6, 6.07) is 0. The van der Waals surface area contributed by atoms with Crippen molar-refractivity contribution >= 4 is 0 Å². The van der Waals surface area contributed by atoms with Crippen molar-refractivity contribution in [2.75, 3.05) is 7.11 Å². The topological polar surface area (TPSA) is 9.23 Å². The van der Waals surface area contributed by atoms with E-state index in [4.69, 9.17) is 4.74 Å². The predicted octanol–water partition coefficient (Wildman–Crippen LogP) is 2.03. The summed E-state index contributed by atoms with van der Waals surface area (Å²) in [5.74, 6) is 0.933. The zero-order valence-electron chi connectivity index (χ0n) is 5.55.